The average molecular weight is 289 g/mol. The molecule has 2 aromatic rings. The molecule has 1 N–H and O–H groups in total. The van der Waals surface area contributed by atoms with Gasteiger partial charge in [-0.15, -0.1) is 0 Å². The Kier molecular flexibility index (Phi) is 5.62. The van der Waals surface area contributed by atoms with E-state index >= 15 is 0 Å². The SMILES string of the molecule is CSCC(C)NC(c1ccccc1)c1ccc(F)cc1. The van der Waals surface area contributed by atoms with Gasteiger partial charge in [0.2, 0.25) is 0 Å². The molecular formula is C17H20FNS. The van der Waals surface area contributed by atoms with Crippen LogP contribution in [-0.2, 0) is 0 Å². The Bertz CT molecular complexity index is 512. The lowest BCUT2D eigenvalue weighted by Crippen LogP contribution is -2.33. The molecule has 0 saturated heterocycles. The van der Waals surface area contributed by atoms with Gasteiger partial charge in [0.1, 0.15) is 5.82 Å². The Morgan fingerprint density at radius 2 is 1.60 bits per heavy atom. The van der Waals surface area contributed by atoms with Gasteiger partial charge in [0.25, 0.3) is 0 Å². The Morgan fingerprint density at radius 3 is 2.20 bits per heavy atom. The zero-order chi connectivity index (χ0) is 14.4. The van der Waals surface area contributed by atoms with E-state index in [1.807, 2.05) is 42.1 Å². The van der Waals surface area contributed by atoms with Crippen molar-refractivity contribution in [1.82, 2.24) is 5.32 Å². The van der Waals surface area contributed by atoms with Crippen LogP contribution in [0.15, 0.2) is 54.6 Å². The molecule has 0 aliphatic carbocycles. The quantitative estimate of drug-likeness (QED) is 0.853. The molecule has 0 saturated carbocycles. The number of hydrogen-bond donors (Lipinski definition) is 1. The van der Waals surface area contributed by atoms with Crippen molar-refractivity contribution in [3.8, 4) is 0 Å². The van der Waals surface area contributed by atoms with Crippen LogP contribution >= 0.6 is 11.8 Å². The van der Waals surface area contributed by atoms with Crippen LogP contribution in [-0.4, -0.2) is 18.1 Å². The molecule has 2 rings (SSSR count). The van der Waals surface area contributed by atoms with E-state index < -0.39 is 0 Å². The summed E-state index contributed by atoms with van der Waals surface area (Å²) in [5.41, 5.74) is 2.29. The average Bonchev–Trinajstić information content (AvgIpc) is 2.47. The highest BCUT2D eigenvalue weighted by atomic mass is 32.2. The first kappa shape index (κ1) is 15.1. The van der Waals surface area contributed by atoms with Gasteiger partial charge < -0.3 is 5.32 Å². The second kappa shape index (κ2) is 7.46. The molecule has 0 aromatic heterocycles. The highest BCUT2D eigenvalue weighted by Crippen LogP contribution is 2.23. The van der Waals surface area contributed by atoms with E-state index in [0.717, 1.165) is 11.3 Å². The molecule has 2 aromatic carbocycles. The summed E-state index contributed by atoms with van der Waals surface area (Å²) < 4.78 is 13.1. The molecule has 0 heterocycles. The highest BCUT2D eigenvalue weighted by Gasteiger charge is 2.16. The molecule has 1 nitrogen and oxygen atoms in total. The minimum Gasteiger partial charge on any atom is -0.303 e. The van der Waals surface area contributed by atoms with Gasteiger partial charge >= 0.3 is 0 Å². The van der Waals surface area contributed by atoms with Gasteiger partial charge in [-0.3, -0.25) is 0 Å². The van der Waals surface area contributed by atoms with E-state index in [1.165, 1.54) is 17.7 Å². The fourth-order valence-electron chi connectivity index (χ4n) is 2.27. The summed E-state index contributed by atoms with van der Waals surface area (Å²) in [7, 11) is 0. The van der Waals surface area contributed by atoms with E-state index in [4.69, 9.17) is 0 Å². The fourth-order valence-corrected chi connectivity index (χ4v) is 2.86. The van der Waals surface area contributed by atoms with Crippen LogP contribution in [0.1, 0.15) is 24.1 Å². The second-order valence-electron chi connectivity index (χ2n) is 4.92. The zero-order valence-electron chi connectivity index (χ0n) is 11.8. The predicted octanol–water partition coefficient (Wildman–Crippen LogP) is 4.26. The van der Waals surface area contributed by atoms with Crippen molar-refractivity contribution in [1.29, 1.82) is 0 Å². The third-order valence-electron chi connectivity index (χ3n) is 3.20. The van der Waals surface area contributed by atoms with Gasteiger partial charge in [0.05, 0.1) is 6.04 Å². The van der Waals surface area contributed by atoms with Crippen molar-refractivity contribution >= 4 is 11.8 Å². The summed E-state index contributed by atoms with van der Waals surface area (Å²) in [5.74, 6) is 0.850. The molecule has 0 amide bonds. The molecule has 0 spiro atoms. The van der Waals surface area contributed by atoms with Gasteiger partial charge in [0.15, 0.2) is 0 Å². The Hall–Kier alpha value is -1.32. The number of benzene rings is 2. The van der Waals surface area contributed by atoms with E-state index in [1.54, 1.807) is 0 Å². The van der Waals surface area contributed by atoms with Gasteiger partial charge in [-0.05, 0) is 36.4 Å². The minimum absolute atomic E-state index is 0.0962. The molecule has 3 heteroatoms. The third kappa shape index (κ3) is 4.09. The maximum absolute atomic E-state index is 13.1. The summed E-state index contributed by atoms with van der Waals surface area (Å²) in [4.78, 5) is 0. The van der Waals surface area contributed by atoms with Crippen LogP contribution in [0.2, 0.25) is 0 Å². The Labute approximate surface area is 124 Å². The maximum Gasteiger partial charge on any atom is 0.123 e. The van der Waals surface area contributed by atoms with E-state index in [9.17, 15) is 4.39 Å². The van der Waals surface area contributed by atoms with Crippen molar-refractivity contribution in [2.75, 3.05) is 12.0 Å². The van der Waals surface area contributed by atoms with E-state index in [0.29, 0.717) is 6.04 Å². The number of nitrogens with one attached hydrogen (secondary N) is 1. The monoisotopic (exact) mass is 289 g/mol. The smallest absolute Gasteiger partial charge is 0.123 e. The topological polar surface area (TPSA) is 12.0 Å². The summed E-state index contributed by atoms with van der Waals surface area (Å²) >= 11 is 1.82. The molecule has 0 radical (unpaired) electrons. The van der Waals surface area contributed by atoms with Crippen LogP contribution in [0.25, 0.3) is 0 Å². The molecule has 0 aliphatic heterocycles. The van der Waals surface area contributed by atoms with Gasteiger partial charge in [-0.2, -0.15) is 11.8 Å². The van der Waals surface area contributed by atoms with Gasteiger partial charge in [0, 0.05) is 11.8 Å². The second-order valence-corrected chi connectivity index (χ2v) is 5.83. The summed E-state index contributed by atoms with van der Waals surface area (Å²) in [6.45, 7) is 2.18. The molecule has 0 bridgehead atoms. The summed E-state index contributed by atoms with van der Waals surface area (Å²) in [6, 6.07) is 17.5. The molecule has 20 heavy (non-hydrogen) atoms. The van der Waals surface area contributed by atoms with Crippen LogP contribution < -0.4 is 5.32 Å². The Balaban J connectivity index is 2.26. The van der Waals surface area contributed by atoms with Crippen LogP contribution in [0.5, 0.6) is 0 Å². The molecule has 0 aliphatic rings. The van der Waals surface area contributed by atoms with Crippen LogP contribution in [0, 0.1) is 5.82 Å². The normalized spacial score (nSPS) is 13.9. The van der Waals surface area contributed by atoms with Gasteiger partial charge in [-0.25, -0.2) is 4.39 Å². The predicted molar refractivity (Wildman–Crippen MR) is 85.7 cm³/mol. The van der Waals surface area contributed by atoms with Crippen molar-refractivity contribution in [3.05, 3.63) is 71.5 Å². The molecule has 106 valence electrons. The summed E-state index contributed by atoms with van der Waals surface area (Å²) in [6.07, 6.45) is 2.10. The molecule has 2 unspecified atom stereocenters. The van der Waals surface area contributed by atoms with Crippen LogP contribution in [0.3, 0.4) is 0 Å². The van der Waals surface area contributed by atoms with E-state index in [-0.39, 0.29) is 11.9 Å². The lowest BCUT2D eigenvalue weighted by Gasteiger charge is -2.24. The largest absolute Gasteiger partial charge is 0.303 e. The van der Waals surface area contributed by atoms with Gasteiger partial charge in [-0.1, -0.05) is 42.5 Å². The summed E-state index contributed by atoms with van der Waals surface area (Å²) in [5, 5.41) is 3.63. The number of thioether (sulfide) groups is 1. The van der Waals surface area contributed by atoms with Crippen molar-refractivity contribution < 1.29 is 4.39 Å². The Morgan fingerprint density at radius 1 is 1.00 bits per heavy atom. The maximum atomic E-state index is 13.1. The zero-order valence-corrected chi connectivity index (χ0v) is 12.7. The van der Waals surface area contributed by atoms with E-state index in [2.05, 4.69) is 30.6 Å². The standard InChI is InChI=1S/C17H20FNS/c1-13(12-20-2)19-17(14-6-4-3-5-7-14)15-8-10-16(18)11-9-15/h3-11,13,17,19H,12H2,1-2H3. The number of halogens is 1. The molecule has 0 fully saturated rings. The lowest BCUT2D eigenvalue weighted by atomic mass is 9.98. The van der Waals surface area contributed by atoms with Crippen molar-refractivity contribution in [2.24, 2.45) is 0 Å². The fraction of sp³-hybridized carbons (Fsp3) is 0.294. The lowest BCUT2D eigenvalue weighted by molar-refractivity contribution is 0.533. The third-order valence-corrected chi connectivity index (χ3v) is 4.04. The molecular weight excluding hydrogens is 269 g/mol. The first-order valence-corrected chi connectivity index (χ1v) is 8.15. The first-order valence-electron chi connectivity index (χ1n) is 6.76. The highest BCUT2D eigenvalue weighted by molar-refractivity contribution is 7.98. The minimum atomic E-state index is -0.197. The number of hydrogen-bond acceptors (Lipinski definition) is 2. The molecule has 2 atom stereocenters. The van der Waals surface area contributed by atoms with Crippen molar-refractivity contribution in [3.63, 3.8) is 0 Å². The first-order chi connectivity index (χ1) is 9.70. The van der Waals surface area contributed by atoms with Crippen molar-refractivity contribution in [2.45, 2.75) is 19.0 Å². The number of rotatable bonds is 6. The van der Waals surface area contributed by atoms with Crippen LogP contribution in [0.4, 0.5) is 4.39 Å².